The number of nitro benzene ring substituents is 1. The van der Waals surface area contributed by atoms with Gasteiger partial charge in [-0.1, -0.05) is 12.1 Å². The zero-order valence-corrected chi connectivity index (χ0v) is 14.9. The number of aromatic nitrogens is 1. The van der Waals surface area contributed by atoms with Crippen molar-refractivity contribution in [2.45, 2.75) is 6.54 Å². The predicted octanol–water partition coefficient (Wildman–Crippen LogP) is 2.02. The predicted molar refractivity (Wildman–Crippen MR) is 103 cm³/mol. The molecule has 2 aromatic heterocycles. The molecule has 3 rings (SSSR count). The summed E-state index contributed by atoms with van der Waals surface area (Å²) in [6.45, 7) is 0.184. The first-order valence-corrected chi connectivity index (χ1v) is 8.38. The van der Waals surface area contributed by atoms with Crippen molar-refractivity contribution in [3.8, 4) is 11.3 Å². The summed E-state index contributed by atoms with van der Waals surface area (Å²) in [5.74, 6) is -1.07. The van der Waals surface area contributed by atoms with Gasteiger partial charge in [-0.3, -0.25) is 24.7 Å². The van der Waals surface area contributed by atoms with Gasteiger partial charge in [0.05, 0.1) is 11.1 Å². The largest absolute Gasteiger partial charge is 0.455 e. The van der Waals surface area contributed by atoms with Crippen LogP contribution in [0.4, 0.5) is 5.69 Å². The number of nitro groups is 1. The minimum Gasteiger partial charge on any atom is -0.455 e. The van der Waals surface area contributed by atoms with E-state index in [0.717, 1.165) is 5.56 Å². The maximum atomic E-state index is 11.7. The molecule has 146 valence electrons. The van der Waals surface area contributed by atoms with E-state index in [4.69, 9.17) is 4.42 Å². The number of hydrogen-bond donors (Lipinski definition) is 2. The van der Waals surface area contributed by atoms with Gasteiger partial charge in [-0.25, -0.2) is 5.43 Å². The highest BCUT2D eigenvalue weighted by atomic mass is 16.6. The van der Waals surface area contributed by atoms with Crippen molar-refractivity contribution < 1.29 is 18.9 Å². The van der Waals surface area contributed by atoms with Gasteiger partial charge in [0.15, 0.2) is 0 Å². The molecule has 0 atom stereocenters. The molecule has 2 amide bonds. The fourth-order valence-electron chi connectivity index (χ4n) is 2.32. The molecule has 0 radical (unpaired) electrons. The number of nitrogens with one attached hydrogen (secondary N) is 2. The Balaban J connectivity index is 1.54. The van der Waals surface area contributed by atoms with Gasteiger partial charge in [0.25, 0.3) is 5.69 Å². The van der Waals surface area contributed by atoms with E-state index in [1.54, 1.807) is 48.8 Å². The van der Waals surface area contributed by atoms with Crippen molar-refractivity contribution >= 4 is 23.7 Å². The maximum absolute atomic E-state index is 11.7. The molecule has 10 heteroatoms. The highest BCUT2D eigenvalue weighted by Gasteiger charge is 2.12. The molecule has 1 aromatic carbocycles. The summed E-state index contributed by atoms with van der Waals surface area (Å²) in [5.41, 5.74) is 3.37. The van der Waals surface area contributed by atoms with Crippen LogP contribution < -0.4 is 10.7 Å². The number of rotatable bonds is 6. The van der Waals surface area contributed by atoms with Crippen LogP contribution in [0, 0.1) is 10.1 Å². The van der Waals surface area contributed by atoms with E-state index in [-0.39, 0.29) is 12.2 Å². The van der Waals surface area contributed by atoms with Crippen molar-refractivity contribution in [1.82, 2.24) is 15.7 Å². The Kier molecular flexibility index (Phi) is 6.05. The fourth-order valence-corrected chi connectivity index (χ4v) is 2.32. The highest BCUT2D eigenvalue weighted by Crippen LogP contribution is 2.25. The number of carbonyl (C=O) groups is 2. The molecular weight excluding hydrogens is 378 g/mol. The molecule has 0 bridgehead atoms. The molecule has 2 N–H and O–H groups in total. The van der Waals surface area contributed by atoms with Crippen LogP contribution in [0.25, 0.3) is 11.3 Å². The Morgan fingerprint density at radius 3 is 2.69 bits per heavy atom. The van der Waals surface area contributed by atoms with E-state index < -0.39 is 16.7 Å². The quantitative estimate of drug-likeness (QED) is 0.284. The topological polar surface area (TPSA) is 140 Å². The molecule has 0 aliphatic heterocycles. The summed E-state index contributed by atoms with van der Waals surface area (Å²) < 4.78 is 5.52. The number of pyridine rings is 1. The lowest BCUT2D eigenvalue weighted by Crippen LogP contribution is -2.37. The van der Waals surface area contributed by atoms with Gasteiger partial charge in [0, 0.05) is 36.6 Å². The molecule has 29 heavy (non-hydrogen) atoms. The van der Waals surface area contributed by atoms with Crippen molar-refractivity contribution in [2.75, 3.05) is 0 Å². The fraction of sp³-hybridized carbons (Fsp3) is 0.0526. The molecule has 3 aromatic rings. The lowest BCUT2D eigenvalue weighted by Gasteiger charge is -2.03. The number of benzene rings is 1. The lowest BCUT2D eigenvalue weighted by atomic mass is 10.1. The first-order chi connectivity index (χ1) is 14.0. The second kappa shape index (κ2) is 9.04. The van der Waals surface area contributed by atoms with Gasteiger partial charge >= 0.3 is 11.8 Å². The monoisotopic (exact) mass is 393 g/mol. The standard InChI is InChI=1S/C19H15N5O5/c25-18(21-11-13-6-8-20-9-7-13)19(26)23-22-12-16-4-5-17(29-16)14-2-1-3-15(10-14)24(27)28/h1-10,12H,11H2,(H,21,25)(H,23,26)/b22-12-. The van der Waals surface area contributed by atoms with Crippen molar-refractivity contribution in [2.24, 2.45) is 5.10 Å². The average Bonchev–Trinajstić information content (AvgIpc) is 3.21. The Morgan fingerprint density at radius 1 is 1.14 bits per heavy atom. The third-order valence-corrected chi connectivity index (χ3v) is 3.73. The Labute approximate surface area is 164 Å². The second-order valence-electron chi connectivity index (χ2n) is 5.75. The number of carbonyl (C=O) groups excluding carboxylic acids is 2. The van der Waals surface area contributed by atoms with Crippen molar-refractivity contribution in [3.05, 3.63) is 82.4 Å². The molecule has 0 saturated carbocycles. The summed E-state index contributed by atoms with van der Waals surface area (Å²) in [5, 5.41) is 17.0. The molecule has 0 spiro atoms. The summed E-state index contributed by atoms with van der Waals surface area (Å²) in [6, 6.07) is 12.6. The zero-order valence-electron chi connectivity index (χ0n) is 14.9. The maximum Gasteiger partial charge on any atom is 0.329 e. The van der Waals surface area contributed by atoms with Gasteiger partial charge in [0.1, 0.15) is 11.5 Å². The van der Waals surface area contributed by atoms with Crippen LogP contribution in [0.3, 0.4) is 0 Å². The highest BCUT2D eigenvalue weighted by molar-refractivity contribution is 6.35. The number of hydrazone groups is 1. The van der Waals surface area contributed by atoms with Gasteiger partial charge in [0.2, 0.25) is 0 Å². The van der Waals surface area contributed by atoms with Gasteiger partial charge in [-0.2, -0.15) is 5.10 Å². The molecule has 2 heterocycles. The number of hydrogen-bond acceptors (Lipinski definition) is 7. The number of nitrogens with zero attached hydrogens (tertiary/aromatic N) is 3. The third kappa shape index (κ3) is 5.32. The van der Waals surface area contributed by atoms with Gasteiger partial charge in [-0.05, 0) is 29.8 Å². The second-order valence-corrected chi connectivity index (χ2v) is 5.75. The van der Waals surface area contributed by atoms with Crippen molar-refractivity contribution in [1.29, 1.82) is 0 Å². The van der Waals surface area contributed by atoms with Crippen molar-refractivity contribution in [3.63, 3.8) is 0 Å². The lowest BCUT2D eigenvalue weighted by molar-refractivity contribution is -0.384. The van der Waals surface area contributed by atoms with Crippen LogP contribution in [-0.2, 0) is 16.1 Å². The van der Waals surface area contributed by atoms with Crippen LogP contribution in [0.15, 0.2) is 70.4 Å². The summed E-state index contributed by atoms with van der Waals surface area (Å²) >= 11 is 0. The van der Waals surface area contributed by atoms with Crippen LogP contribution in [0.1, 0.15) is 11.3 Å². The molecule has 0 aliphatic carbocycles. The average molecular weight is 393 g/mol. The molecule has 10 nitrogen and oxygen atoms in total. The smallest absolute Gasteiger partial charge is 0.329 e. The van der Waals surface area contributed by atoms with E-state index >= 15 is 0 Å². The number of furan rings is 1. The van der Waals surface area contributed by atoms with Crippen LogP contribution >= 0.6 is 0 Å². The third-order valence-electron chi connectivity index (χ3n) is 3.73. The summed E-state index contributed by atoms with van der Waals surface area (Å²) in [7, 11) is 0. The Hall–Kier alpha value is -4.34. The summed E-state index contributed by atoms with van der Waals surface area (Å²) in [6.07, 6.45) is 4.38. The first-order valence-electron chi connectivity index (χ1n) is 8.38. The summed E-state index contributed by atoms with van der Waals surface area (Å²) in [4.78, 5) is 37.7. The van der Waals surface area contributed by atoms with Crippen LogP contribution in [0.2, 0.25) is 0 Å². The number of non-ortho nitro benzene ring substituents is 1. The van der Waals surface area contributed by atoms with E-state index in [2.05, 4.69) is 20.8 Å². The Morgan fingerprint density at radius 2 is 1.93 bits per heavy atom. The normalized spacial score (nSPS) is 10.6. The Bertz CT molecular complexity index is 1060. The van der Waals surface area contributed by atoms with Gasteiger partial charge < -0.3 is 9.73 Å². The minimum absolute atomic E-state index is 0.0563. The van der Waals surface area contributed by atoms with E-state index in [9.17, 15) is 19.7 Å². The molecule has 0 unspecified atom stereocenters. The molecular formula is C19H15N5O5. The van der Waals surface area contributed by atoms with E-state index in [1.807, 2.05) is 0 Å². The molecule has 0 aliphatic rings. The first kappa shape index (κ1) is 19.4. The number of amides is 2. The van der Waals surface area contributed by atoms with Crippen LogP contribution in [0.5, 0.6) is 0 Å². The SMILES string of the molecule is O=C(NCc1ccncc1)C(=O)N/N=C\c1ccc(-c2cccc([N+](=O)[O-])c2)o1. The molecule has 0 saturated heterocycles. The van der Waals surface area contributed by atoms with Gasteiger partial charge in [-0.15, -0.1) is 0 Å². The van der Waals surface area contributed by atoms with E-state index in [0.29, 0.717) is 17.1 Å². The van der Waals surface area contributed by atoms with Crippen LogP contribution in [-0.4, -0.2) is 27.9 Å². The minimum atomic E-state index is -0.930. The zero-order chi connectivity index (χ0) is 20.6. The van der Waals surface area contributed by atoms with E-state index in [1.165, 1.54) is 18.3 Å². The molecule has 0 fully saturated rings.